The van der Waals surface area contributed by atoms with E-state index in [0.29, 0.717) is 34.1 Å². The first kappa shape index (κ1) is 18.6. The van der Waals surface area contributed by atoms with Crippen LogP contribution in [0.25, 0.3) is 21.3 Å². The number of carbonyl (C=O) groups excluding carboxylic acids is 1. The minimum absolute atomic E-state index is 0.124. The molecular formula is C23H25N3O2S. The molecule has 150 valence electrons. The van der Waals surface area contributed by atoms with Gasteiger partial charge in [-0.15, -0.1) is 21.2 Å². The standard InChI is InChI=1S/C23H25N3O2S/c1-23(2)16-9-8-15(18(23)13-16)12-19(27)24-26-22(28)21-17(10-11-29-21)20(25-26)14-6-4-3-5-7-14/h3-7,10-11,15-16,18H,8-9,12-13H2,1-2H3,(H,24,27)/t15-,16-,18+/m0/s1. The highest BCUT2D eigenvalue weighted by molar-refractivity contribution is 7.17. The number of thiophene rings is 1. The lowest BCUT2D eigenvalue weighted by Gasteiger charge is -2.60. The zero-order valence-corrected chi connectivity index (χ0v) is 17.5. The molecule has 2 heterocycles. The monoisotopic (exact) mass is 407 g/mol. The van der Waals surface area contributed by atoms with Crippen LogP contribution in [-0.4, -0.2) is 15.8 Å². The van der Waals surface area contributed by atoms with Crippen molar-refractivity contribution in [2.24, 2.45) is 23.2 Å². The maximum Gasteiger partial charge on any atom is 0.304 e. The predicted octanol–water partition coefficient (Wildman–Crippen LogP) is 4.66. The number of nitrogens with one attached hydrogen (secondary N) is 1. The highest BCUT2D eigenvalue weighted by atomic mass is 32.1. The third-order valence-corrected chi connectivity index (χ3v) is 8.14. The number of nitrogens with zero attached hydrogens (tertiary/aromatic N) is 2. The summed E-state index contributed by atoms with van der Waals surface area (Å²) in [4.78, 5) is 26.8. The van der Waals surface area contributed by atoms with Crippen LogP contribution in [0, 0.1) is 23.2 Å². The highest BCUT2D eigenvalue weighted by Gasteiger charge is 2.54. The Morgan fingerprint density at radius 2 is 2.03 bits per heavy atom. The number of amides is 1. The molecule has 6 heteroatoms. The van der Waals surface area contributed by atoms with Gasteiger partial charge in [-0.05, 0) is 53.9 Å². The summed E-state index contributed by atoms with van der Waals surface area (Å²) >= 11 is 1.38. The summed E-state index contributed by atoms with van der Waals surface area (Å²) in [7, 11) is 0. The number of hydrogen-bond acceptors (Lipinski definition) is 4. The van der Waals surface area contributed by atoms with Crippen LogP contribution in [0.1, 0.15) is 39.5 Å². The van der Waals surface area contributed by atoms with E-state index < -0.39 is 0 Å². The predicted molar refractivity (Wildman–Crippen MR) is 116 cm³/mol. The first-order valence-electron chi connectivity index (χ1n) is 10.3. The Kier molecular flexibility index (Phi) is 4.35. The summed E-state index contributed by atoms with van der Waals surface area (Å²) in [5.74, 6) is 1.69. The van der Waals surface area contributed by atoms with Crippen molar-refractivity contribution in [3.05, 3.63) is 52.1 Å². The van der Waals surface area contributed by atoms with E-state index >= 15 is 0 Å². The quantitative estimate of drug-likeness (QED) is 0.684. The minimum atomic E-state index is -0.268. The molecule has 1 amide bonds. The minimum Gasteiger partial charge on any atom is -0.273 e. The zero-order valence-electron chi connectivity index (χ0n) is 16.7. The first-order chi connectivity index (χ1) is 13.9. The van der Waals surface area contributed by atoms with Crippen molar-refractivity contribution in [2.75, 3.05) is 5.43 Å². The van der Waals surface area contributed by atoms with Crippen LogP contribution >= 0.6 is 11.3 Å². The van der Waals surface area contributed by atoms with Gasteiger partial charge in [0.15, 0.2) is 0 Å². The number of hydrogen-bond donors (Lipinski definition) is 1. The molecular weight excluding hydrogens is 382 g/mol. The fourth-order valence-corrected chi connectivity index (χ4v) is 6.27. The lowest BCUT2D eigenvalue weighted by molar-refractivity contribution is -0.129. The molecule has 1 N–H and O–H groups in total. The van der Waals surface area contributed by atoms with Crippen molar-refractivity contribution < 1.29 is 4.79 Å². The first-order valence-corrected chi connectivity index (χ1v) is 11.2. The topological polar surface area (TPSA) is 64.0 Å². The average molecular weight is 408 g/mol. The summed E-state index contributed by atoms with van der Waals surface area (Å²) in [6.45, 7) is 4.66. The number of aromatic nitrogens is 2. The van der Waals surface area contributed by atoms with Crippen LogP contribution < -0.4 is 11.0 Å². The van der Waals surface area contributed by atoms with Gasteiger partial charge in [0.2, 0.25) is 5.91 Å². The Morgan fingerprint density at radius 1 is 1.24 bits per heavy atom. The molecule has 2 aromatic heterocycles. The van der Waals surface area contributed by atoms with E-state index in [1.165, 1.54) is 24.2 Å². The molecule has 0 radical (unpaired) electrons. The molecule has 0 unspecified atom stereocenters. The molecule has 3 fully saturated rings. The van der Waals surface area contributed by atoms with E-state index in [1.807, 2.05) is 41.8 Å². The van der Waals surface area contributed by atoms with E-state index in [4.69, 9.17) is 0 Å². The van der Waals surface area contributed by atoms with Gasteiger partial charge in [-0.2, -0.15) is 0 Å². The molecule has 2 bridgehead atoms. The molecule has 29 heavy (non-hydrogen) atoms. The van der Waals surface area contributed by atoms with Crippen LogP contribution in [0.5, 0.6) is 0 Å². The van der Waals surface area contributed by atoms with Crippen LogP contribution in [0.3, 0.4) is 0 Å². The highest BCUT2D eigenvalue weighted by Crippen LogP contribution is 2.61. The maximum atomic E-state index is 12.9. The number of rotatable bonds is 4. The van der Waals surface area contributed by atoms with E-state index in [9.17, 15) is 9.59 Å². The van der Waals surface area contributed by atoms with E-state index in [1.54, 1.807) is 0 Å². The van der Waals surface area contributed by atoms with Gasteiger partial charge in [0.25, 0.3) is 0 Å². The molecule has 6 rings (SSSR count). The fourth-order valence-electron chi connectivity index (χ4n) is 5.45. The lowest BCUT2D eigenvalue weighted by atomic mass is 9.45. The Bertz CT molecular complexity index is 1130. The third-order valence-electron chi connectivity index (χ3n) is 7.23. The van der Waals surface area contributed by atoms with E-state index in [2.05, 4.69) is 24.4 Å². The van der Waals surface area contributed by atoms with Gasteiger partial charge in [-0.3, -0.25) is 9.59 Å². The summed E-state index contributed by atoms with van der Waals surface area (Å²) in [5.41, 5.74) is 4.48. The van der Waals surface area contributed by atoms with Crippen molar-refractivity contribution in [1.29, 1.82) is 0 Å². The van der Waals surface area contributed by atoms with Crippen LogP contribution in [0.15, 0.2) is 46.6 Å². The third kappa shape index (κ3) is 3.01. The van der Waals surface area contributed by atoms with Crippen molar-refractivity contribution in [2.45, 2.75) is 39.5 Å². The smallest absolute Gasteiger partial charge is 0.273 e. The van der Waals surface area contributed by atoms with E-state index in [0.717, 1.165) is 28.1 Å². The fraction of sp³-hybridized carbons (Fsp3) is 0.435. The molecule has 0 saturated heterocycles. The molecule has 3 aliphatic carbocycles. The molecule has 3 aliphatic rings. The lowest BCUT2D eigenvalue weighted by Crippen LogP contribution is -2.53. The second-order valence-electron chi connectivity index (χ2n) is 9.03. The van der Waals surface area contributed by atoms with Crippen molar-refractivity contribution in [3.63, 3.8) is 0 Å². The average Bonchev–Trinajstić information content (AvgIpc) is 3.21. The molecule has 3 saturated carbocycles. The summed E-state index contributed by atoms with van der Waals surface area (Å²) < 4.78 is 0.611. The van der Waals surface area contributed by atoms with Gasteiger partial charge in [-0.25, -0.2) is 5.43 Å². The Morgan fingerprint density at radius 3 is 2.76 bits per heavy atom. The van der Waals surface area contributed by atoms with Gasteiger partial charge in [0.1, 0.15) is 10.4 Å². The molecule has 0 aliphatic heterocycles. The number of fused-ring (bicyclic) bond motifs is 3. The normalized spacial score (nSPS) is 24.8. The molecule has 3 atom stereocenters. The van der Waals surface area contributed by atoms with Crippen LogP contribution in [0.2, 0.25) is 0 Å². The Labute approximate surface area is 173 Å². The molecule has 0 spiro atoms. The number of carbonyl (C=O) groups is 1. The summed E-state index contributed by atoms with van der Waals surface area (Å²) in [6, 6.07) is 11.7. The van der Waals surface area contributed by atoms with E-state index in [-0.39, 0.29) is 11.5 Å². The van der Waals surface area contributed by atoms with Crippen molar-refractivity contribution >= 4 is 27.3 Å². The van der Waals surface area contributed by atoms with Gasteiger partial charge in [-0.1, -0.05) is 44.2 Å². The van der Waals surface area contributed by atoms with Gasteiger partial charge in [0, 0.05) is 17.4 Å². The maximum absolute atomic E-state index is 12.9. The second kappa shape index (κ2) is 6.80. The van der Waals surface area contributed by atoms with Gasteiger partial charge < -0.3 is 0 Å². The SMILES string of the molecule is CC1(C)[C@H]2CC[C@@H](CC(=O)Nn3nc(-c4ccccc4)c4ccsc4c3=O)[C@H]1C2. The molecule has 1 aromatic carbocycles. The largest absolute Gasteiger partial charge is 0.304 e. The summed E-state index contributed by atoms with van der Waals surface area (Å²) in [6.07, 6.45) is 4.01. The van der Waals surface area contributed by atoms with Crippen molar-refractivity contribution in [3.8, 4) is 11.3 Å². The Balaban J connectivity index is 1.43. The molecule has 5 nitrogen and oxygen atoms in total. The van der Waals surface area contributed by atoms with Gasteiger partial charge in [0.05, 0.1) is 0 Å². The number of benzene rings is 1. The zero-order chi connectivity index (χ0) is 20.2. The second-order valence-corrected chi connectivity index (χ2v) is 9.95. The van der Waals surface area contributed by atoms with Gasteiger partial charge >= 0.3 is 5.56 Å². The van der Waals surface area contributed by atoms with Crippen LogP contribution in [0.4, 0.5) is 0 Å². The summed E-state index contributed by atoms with van der Waals surface area (Å²) in [5, 5.41) is 7.23. The van der Waals surface area contributed by atoms with Crippen LogP contribution in [-0.2, 0) is 4.79 Å². The van der Waals surface area contributed by atoms with Crippen molar-refractivity contribution in [1.82, 2.24) is 9.89 Å². The molecule has 3 aromatic rings. The Hall–Kier alpha value is -2.47.